The molecule has 29 heavy (non-hydrogen) atoms. The maximum atomic E-state index is 11.8. The standard InChI is InChI=1S/C23H28O6/c1-12(24)27-19-10-15(26-4)9-14-5-6-16-17(21(14)19)7-8-22(3)18(16)11-20-23(22,29-20)28-13(2)25/h9-10,16-18,20H,5-8,11H2,1-4H3/t16-,17+,18+,20-,22+,23-/m1/s1. The van der Waals surface area contributed by atoms with Crippen LogP contribution >= 0.6 is 0 Å². The van der Waals surface area contributed by atoms with Crippen molar-refractivity contribution >= 4 is 11.9 Å². The van der Waals surface area contributed by atoms with E-state index in [1.807, 2.05) is 6.07 Å². The molecule has 4 aliphatic rings. The molecule has 1 aromatic rings. The first-order chi connectivity index (χ1) is 13.8. The molecule has 3 fully saturated rings. The number of benzene rings is 1. The molecular weight excluding hydrogens is 372 g/mol. The van der Waals surface area contributed by atoms with E-state index in [4.69, 9.17) is 18.9 Å². The fourth-order valence-corrected chi connectivity index (χ4v) is 6.73. The van der Waals surface area contributed by atoms with Gasteiger partial charge in [-0.25, -0.2) is 0 Å². The molecule has 1 heterocycles. The molecule has 6 heteroatoms. The van der Waals surface area contributed by atoms with Gasteiger partial charge in [-0.15, -0.1) is 0 Å². The zero-order chi connectivity index (χ0) is 20.6. The zero-order valence-corrected chi connectivity index (χ0v) is 17.4. The van der Waals surface area contributed by atoms with Gasteiger partial charge in [-0.3, -0.25) is 9.59 Å². The van der Waals surface area contributed by atoms with Crippen LogP contribution in [0.5, 0.6) is 11.5 Å². The number of carbonyl (C=O) groups is 2. The normalized spacial score (nSPS) is 38.8. The Balaban J connectivity index is 1.52. The summed E-state index contributed by atoms with van der Waals surface area (Å²) < 4.78 is 22.8. The van der Waals surface area contributed by atoms with Gasteiger partial charge in [0.05, 0.1) is 7.11 Å². The quantitative estimate of drug-likeness (QED) is 0.437. The van der Waals surface area contributed by atoms with Gasteiger partial charge in [0.25, 0.3) is 0 Å². The molecule has 1 aliphatic heterocycles. The number of aryl methyl sites for hydroxylation is 1. The van der Waals surface area contributed by atoms with Gasteiger partial charge in [0.1, 0.15) is 17.6 Å². The Morgan fingerprint density at radius 1 is 1.17 bits per heavy atom. The average Bonchev–Trinajstić information content (AvgIpc) is 3.29. The molecule has 0 N–H and O–H groups in total. The van der Waals surface area contributed by atoms with Crippen molar-refractivity contribution in [3.63, 3.8) is 0 Å². The summed E-state index contributed by atoms with van der Waals surface area (Å²) in [7, 11) is 1.64. The lowest BCUT2D eigenvalue weighted by Gasteiger charge is -2.51. The van der Waals surface area contributed by atoms with Crippen molar-refractivity contribution in [1.82, 2.24) is 0 Å². The van der Waals surface area contributed by atoms with E-state index >= 15 is 0 Å². The van der Waals surface area contributed by atoms with Crippen LogP contribution in [0.1, 0.15) is 63.5 Å². The number of hydrogen-bond donors (Lipinski definition) is 0. The van der Waals surface area contributed by atoms with Gasteiger partial charge in [0.15, 0.2) is 0 Å². The van der Waals surface area contributed by atoms with Crippen molar-refractivity contribution in [3.05, 3.63) is 23.3 Å². The monoisotopic (exact) mass is 400 g/mol. The number of esters is 2. The summed E-state index contributed by atoms with van der Waals surface area (Å²) in [6.07, 6.45) is 4.84. The molecule has 5 rings (SSSR count). The maximum absolute atomic E-state index is 11.8. The second kappa shape index (κ2) is 6.21. The molecule has 1 saturated heterocycles. The molecule has 6 atom stereocenters. The van der Waals surface area contributed by atoms with Gasteiger partial charge >= 0.3 is 11.9 Å². The van der Waals surface area contributed by atoms with E-state index in [9.17, 15) is 9.59 Å². The number of ether oxygens (including phenoxy) is 4. The van der Waals surface area contributed by atoms with Crippen molar-refractivity contribution in [1.29, 1.82) is 0 Å². The molecule has 0 unspecified atom stereocenters. The predicted octanol–water partition coefficient (Wildman–Crippen LogP) is 3.74. The van der Waals surface area contributed by atoms with Crippen molar-refractivity contribution < 1.29 is 28.5 Å². The second-order valence-corrected chi connectivity index (χ2v) is 9.27. The van der Waals surface area contributed by atoms with Crippen molar-refractivity contribution in [2.45, 2.75) is 70.7 Å². The third kappa shape index (κ3) is 2.57. The zero-order valence-electron chi connectivity index (χ0n) is 17.4. The smallest absolute Gasteiger partial charge is 0.308 e. The predicted molar refractivity (Wildman–Crippen MR) is 104 cm³/mol. The lowest BCUT2D eigenvalue weighted by atomic mass is 9.55. The number of carbonyl (C=O) groups excluding carboxylic acids is 2. The van der Waals surface area contributed by atoms with E-state index in [1.165, 1.54) is 25.0 Å². The van der Waals surface area contributed by atoms with Crippen LogP contribution in [0.25, 0.3) is 0 Å². The highest BCUT2D eigenvalue weighted by molar-refractivity contribution is 5.71. The maximum Gasteiger partial charge on any atom is 0.308 e. The SMILES string of the molecule is COc1cc2c(c(OC(C)=O)c1)[C@H]1CC[C@@]3(C)[C@@H](C[C@H]4O[C@]43OC(C)=O)[C@@H]1CC2. The fraction of sp³-hybridized carbons (Fsp3) is 0.652. The van der Waals surface area contributed by atoms with Gasteiger partial charge in [-0.05, 0) is 61.5 Å². The van der Waals surface area contributed by atoms with Crippen molar-refractivity contribution in [2.24, 2.45) is 17.3 Å². The summed E-state index contributed by atoms with van der Waals surface area (Å²) in [6, 6.07) is 3.92. The van der Waals surface area contributed by atoms with Crippen LogP contribution < -0.4 is 9.47 Å². The molecule has 0 amide bonds. The Morgan fingerprint density at radius 2 is 1.97 bits per heavy atom. The Kier molecular flexibility index (Phi) is 4.05. The van der Waals surface area contributed by atoms with Crippen LogP contribution in [0.4, 0.5) is 0 Å². The van der Waals surface area contributed by atoms with Gasteiger partial charge in [0.2, 0.25) is 5.79 Å². The average molecular weight is 400 g/mol. The molecule has 2 saturated carbocycles. The van der Waals surface area contributed by atoms with E-state index in [0.717, 1.165) is 37.9 Å². The van der Waals surface area contributed by atoms with Gasteiger partial charge in [0, 0.05) is 30.9 Å². The molecule has 156 valence electrons. The van der Waals surface area contributed by atoms with E-state index < -0.39 is 5.79 Å². The molecule has 0 spiro atoms. The topological polar surface area (TPSA) is 74.4 Å². The van der Waals surface area contributed by atoms with Crippen molar-refractivity contribution in [3.8, 4) is 11.5 Å². The Labute approximate surface area is 170 Å². The van der Waals surface area contributed by atoms with Crippen LogP contribution in [0.2, 0.25) is 0 Å². The highest BCUT2D eigenvalue weighted by Gasteiger charge is 2.79. The fourth-order valence-electron chi connectivity index (χ4n) is 6.73. The van der Waals surface area contributed by atoms with E-state index in [1.54, 1.807) is 7.11 Å². The van der Waals surface area contributed by atoms with Crippen LogP contribution in [0.15, 0.2) is 12.1 Å². The van der Waals surface area contributed by atoms with Crippen LogP contribution in [-0.4, -0.2) is 30.9 Å². The summed E-state index contributed by atoms with van der Waals surface area (Å²) in [5.41, 5.74) is 2.23. The van der Waals surface area contributed by atoms with Gasteiger partial charge < -0.3 is 18.9 Å². The first-order valence-corrected chi connectivity index (χ1v) is 10.6. The minimum Gasteiger partial charge on any atom is -0.497 e. The number of epoxide rings is 1. The molecule has 0 aromatic heterocycles. The second-order valence-electron chi connectivity index (χ2n) is 9.27. The minimum absolute atomic E-state index is 0.0188. The van der Waals surface area contributed by atoms with Crippen LogP contribution in [0, 0.1) is 17.3 Å². The molecule has 6 nitrogen and oxygen atoms in total. The molecule has 1 aromatic carbocycles. The highest BCUT2D eigenvalue weighted by atomic mass is 16.8. The number of rotatable bonds is 3. The van der Waals surface area contributed by atoms with E-state index in [0.29, 0.717) is 23.5 Å². The lowest BCUT2D eigenvalue weighted by molar-refractivity contribution is -0.185. The first kappa shape index (κ1) is 18.9. The summed E-state index contributed by atoms with van der Waals surface area (Å²) in [4.78, 5) is 23.5. The first-order valence-electron chi connectivity index (χ1n) is 10.6. The summed E-state index contributed by atoms with van der Waals surface area (Å²) in [6.45, 7) is 5.14. The molecule has 0 bridgehead atoms. The van der Waals surface area contributed by atoms with Gasteiger partial charge in [-0.2, -0.15) is 0 Å². The van der Waals surface area contributed by atoms with E-state index in [-0.39, 0.29) is 23.5 Å². The summed E-state index contributed by atoms with van der Waals surface area (Å²) in [5, 5.41) is 0. The van der Waals surface area contributed by atoms with Gasteiger partial charge in [-0.1, -0.05) is 6.92 Å². The molecular formula is C23H28O6. The number of methoxy groups -OCH3 is 1. The summed E-state index contributed by atoms with van der Waals surface area (Å²) >= 11 is 0. The Bertz CT molecular complexity index is 894. The van der Waals surface area contributed by atoms with Crippen LogP contribution in [-0.2, 0) is 25.5 Å². The largest absolute Gasteiger partial charge is 0.497 e. The Hall–Kier alpha value is -2.08. The lowest BCUT2D eigenvalue weighted by Crippen LogP contribution is -2.48. The molecule has 3 aliphatic carbocycles. The molecule has 0 radical (unpaired) electrons. The number of fused-ring (bicyclic) bond motifs is 7. The minimum atomic E-state index is -0.729. The highest BCUT2D eigenvalue weighted by Crippen LogP contribution is 2.72. The third-order valence-corrected chi connectivity index (χ3v) is 7.88. The van der Waals surface area contributed by atoms with Crippen LogP contribution in [0.3, 0.4) is 0 Å². The summed E-state index contributed by atoms with van der Waals surface area (Å²) in [5.74, 6) is 1.29. The van der Waals surface area contributed by atoms with E-state index in [2.05, 4.69) is 13.0 Å². The third-order valence-electron chi connectivity index (χ3n) is 7.88. The van der Waals surface area contributed by atoms with Crippen molar-refractivity contribution in [2.75, 3.05) is 7.11 Å². The Morgan fingerprint density at radius 3 is 2.66 bits per heavy atom. The number of hydrogen-bond acceptors (Lipinski definition) is 6.